The number of rotatable bonds is 7. The van der Waals surface area contributed by atoms with E-state index in [2.05, 4.69) is 48.5 Å². The normalized spacial score (nSPS) is 18.1. The summed E-state index contributed by atoms with van der Waals surface area (Å²) in [6, 6.07) is 10.6. The number of nitrogens with one attached hydrogen (secondary N) is 1. The summed E-state index contributed by atoms with van der Waals surface area (Å²) in [5.74, 6) is 1.34. The van der Waals surface area contributed by atoms with Crippen LogP contribution in [0.2, 0.25) is 0 Å². The van der Waals surface area contributed by atoms with Crippen molar-refractivity contribution in [2.75, 3.05) is 26.7 Å². The van der Waals surface area contributed by atoms with Crippen LogP contribution in [0.3, 0.4) is 0 Å². The van der Waals surface area contributed by atoms with Crippen LogP contribution in [0.25, 0.3) is 0 Å². The van der Waals surface area contributed by atoms with Crippen LogP contribution < -0.4 is 5.32 Å². The Hall–Kier alpha value is -1.35. The summed E-state index contributed by atoms with van der Waals surface area (Å²) in [7, 11) is 2.16. The highest BCUT2D eigenvalue weighted by Gasteiger charge is 2.19. The molecule has 1 heterocycles. The number of carbonyl (C=O) groups excluding carboxylic acids is 1. The highest BCUT2D eigenvalue weighted by molar-refractivity contribution is 5.76. The van der Waals surface area contributed by atoms with Crippen molar-refractivity contribution >= 4 is 5.91 Å². The van der Waals surface area contributed by atoms with Crippen molar-refractivity contribution in [3.63, 3.8) is 0 Å². The Morgan fingerprint density at radius 1 is 1.27 bits per heavy atom. The van der Waals surface area contributed by atoms with Gasteiger partial charge in [0, 0.05) is 13.0 Å². The second-order valence-corrected chi connectivity index (χ2v) is 6.72. The lowest BCUT2D eigenvalue weighted by atomic mass is 9.93. The molecule has 0 saturated carbocycles. The van der Waals surface area contributed by atoms with Crippen molar-refractivity contribution in [1.82, 2.24) is 10.2 Å². The minimum absolute atomic E-state index is 0.237. The van der Waals surface area contributed by atoms with E-state index in [1.54, 1.807) is 0 Å². The number of hydrogen-bond acceptors (Lipinski definition) is 2. The zero-order valence-electron chi connectivity index (χ0n) is 14.1. The first-order chi connectivity index (χ1) is 10.7. The van der Waals surface area contributed by atoms with E-state index in [0.29, 0.717) is 18.3 Å². The van der Waals surface area contributed by atoms with Crippen molar-refractivity contribution in [3.05, 3.63) is 35.9 Å². The van der Waals surface area contributed by atoms with Gasteiger partial charge in [-0.3, -0.25) is 4.79 Å². The zero-order valence-corrected chi connectivity index (χ0v) is 14.1. The molecule has 3 nitrogen and oxygen atoms in total. The minimum Gasteiger partial charge on any atom is -0.356 e. The summed E-state index contributed by atoms with van der Waals surface area (Å²) in [6.07, 6.45) is 5.17. The fraction of sp³-hybridized carbons (Fsp3) is 0.632. The summed E-state index contributed by atoms with van der Waals surface area (Å²) in [5.41, 5.74) is 1.36. The maximum absolute atomic E-state index is 12.1. The van der Waals surface area contributed by atoms with E-state index in [0.717, 1.165) is 45.3 Å². The third kappa shape index (κ3) is 5.80. The molecule has 2 rings (SSSR count). The second kappa shape index (κ2) is 8.94. The van der Waals surface area contributed by atoms with Crippen LogP contribution in [-0.4, -0.2) is 37.5 Å². The van der Waals surface area contributed by atoms with Gasteiger partial charge in [-0.2, -0.15) is 0 Å². The fourth-order valence-corrected chi connectivity index (χ4v) is 3.17. The Morgan fingerprint density at radius 3 is 2.59 bits per heavy atom. The van der Waals surface area contributed by atoms with Crippen molar-refractivity contribution in [2.24, 2.45) is 11.8 Å². The first-order valence-corrected chi connectivity index (χ1v) is 8.66. The Labute approximate surface area is 135 Å². The van der Waals surface area contributed by atoms with Crippen LogP contribution in [0.1, 0.15) is 38.2 Å². The quantitative estimate of drug-likeness (QED) is 0.839. The first kappa shape index (κ1) is 17.0. The van der Waals surface area contributed by atoms with Gasteiger partial charge < -0.3 is 10.2 Å². The molecule has 1 aliphatic heterocycles. The molecular weight excluding hydrogens is 272 g/mol. The summed E-state index contributed by atoms with van der Waals surface area (Å²) in [6.45, 7) is 5.26. The van der Waals surface area contributed by atoms with Gasteiger partial charge in [0.25, 0.3) is 0 Å². The van der Waals surface area contributed by atoms with Crippen LogP contribution in [-0.2, 0) is 11.2 Å². The predicted molar refractivity (Wildman–Crippen MR) is 91.8 cm³/mol. The number of benzene rings is 1. The molecule has 122 valence electrons. The van der Waals surface area contributed by atoms with Gasteiger partial charge in [0.05, 0.1) is 0 Å². The van der Waals surface area contributed by atoms with Crippen molar-refractivity contribution in [2.45, 2.75) is 39.0 Å². The van der Waals surface area contributed by atoms with E-state index in [1.807, 2.05) is 6.07 Å². The highest BCUT2D eigenvalue weighted by atomic mass is 16.1. The fourth-order valence-electron chi connectivity index (χ4n) is 3.17. The van der Waals surface area contributed by atoms with Crippen LogP contribution in [0.15, 0.2) is 30.3 Å². The third-order valence-corrected chi connectivity index (χ3v) is 4.84. The molecule has 0 radical (unpaired) electrons. The molecule has 0 bridgehead atoms. The topological polar surface area (TPSA) is 32.3 Å². The van der Waals surface area contributed by atoms with Crippen molar-refractivity contribution in [3.8, 4) is 0 Å². The summed E-state index contributed by atoms with van der Waals surface area (Å²) < 4.78 is 0. The molecule has 1 fully saturated rings. The molecule has 1 atom stereocenters. The second-order valence-electron chi connectivity index (χ2n) is 6.72. The lowest BCUT2D eigenvalue weighted by Gasteiger charge is -2.28. The number of carbonyl (C=O) groups is 1. The zero-order chi connectivity index (χ0) is 15.8. The molecule has 1 amide bonds. The Balaban J connectivity index is 1.70. The number of amides is 1. The largest absolute Gasteiger partial charge is 0.356 e. The summed E-state index contributed by atoms with van der Waals surface area (Å²) >= 11 is 0. The van der Waals surface area contributed by atoms with Gasteiger partial charge in [0.2, 0.25) is 5.91 Å². The van der Waals surface area contributed by atoms with Crippen LogP contribution in [0, 0.1) is 11.8 Å². The van der Waals surface area contributed by atoms with E-state index in [4.69, 9.17) is 0 Å². The Bertz CT molecular complexity index is 438. The smallest absolute Gasteiger partial charge is 0.220 e. The van der Waals surface area contributed by atoms with Gasteiger partial charge in [-0.05, 0) is 56.8 Å². The van der Waals surface area contributed by atoms with E-state index >= 15 is 0 Å². The molecule has 0 spiro atoms. The van der Waals surface area contributed by atoms with E-state index in [9.17, 15) is 4.79 Å². The van der Waals surface area contributed by atoms with E-state index in [1.165, 1.54) is 5.56 Å². The number of nitrogens with zero attached hydrogens (tertiary/aromatic N) is 1. The Kier molecular flexibility index (Phi) is 6.91. The average molecular weight is 302 g/mol. The monoisotopic (exact) mass is 302 g/mol. The summed E-state index contributed by atoms with van der Waals surface area (Å²) in [4.78, 5) is 14.5. The molecule has 0 aromatic heterocycles. The standard InChI is InChI=1S/C19H30N2O/c1-3-16(13-17-7-5-4-6-8-17)15-20-19(22)14-18-9-11-21(2)12-10-18/h4-8,16,18H,3,9-15H2,1-2H3,(H,20,22)/t16-/m1/s1. The first-order valence-electron chi connectivity index (χ1n) is 8.66. The average Bonchev–Trinajstić information content (AvgIpc) is 2.54. The highest BCUT2D eigenvalue weighted by Crippen LogP contribution is 2.19. The number of piperidine rings is 1. The predicted octanol–water partition coefficient (Wildman–Crippen LogP) is 3.10. The molecule has 1 N–H and O–H groups in total. The van der Waals surface area contributed by atoms with Gasteiger partial charge in [0.1, 0.15) is 0 Å². The van der Waals surface area contributed by atoms with Crippen molar-refractivity contribution < 1.29 is 4.79 Å². The van der Waals surface area contributed by atoms with Crippen LogP contribution in [0.5, 0.6) is 0 Å². The molecule has 3 heteroatoms. The lowest BCUT2D eigenvalue weighted by Crippen LogP contribution is -2.35. The molecule has 1 saturated heterocycles. The molecule has 1 aromatic rings. The van der Waals surface area contributed by atoms with Gasteiger partial charge >= 0.3 is 0 Å². The SMILES string of the molecule is CC[C@@H](CNC(=O)CC1CCN(C)CC1)Cc1ccccc1. The lowest BCUT2D eigenvalue weighted by molar-refractivity contribution is -0.122. The van der Waals surface area contributed by atoms with E-state index < -0.39 is 0 Å². The van der Waals surface area contributed by atoms with E-state index in [-0.39, 0.29) is 5.91 Å². The molecule has 0 aliphatic carbocycles. The maximum Gasteiger partial charge on any atom is 0.220 e. The van der Waals surface area contributed by atoms with Crippen LogP contribution in [0.4, 0.5) is 0 Å². The van der Waals surface area contributed by atoms with Gasteiger partial charge in [0.15, 0.2) is 0 Å². The number of hydrogen-bond donors (Lipinski definition) is 1. The van der Waals surface area contributed by atoms with Gasteiger partial charge in [-0.25, -0.2) is 0 Å². The minimum atomic E-state index is 0.237. The van der Waals surface area contributed by atoms with Crippen LogP contribution >= 0.6 is 0 Å². The van der Waals surface area contributed by atoms with Crippen molar-refractivity contribution in [1.29, 1.82) is 0 Å². The molecule has 0 unspecified atom stereocenters. The van der Waals surface area contributed by atoms with Gasteiger partial charge in [-0.15, -0.1) is 0 Å². The summed E-state index contributed by atoms with van der Waals surface area (Å²) in [5, 5.41) is 3.16. The number of likely N-dealkylation sites (tertiary alicyclic amines) is 1. The molecular formula is C19H30N2O. The molecule has 1 aliphatic rings. The maximum atomic E-state index is 12.1. The Morgan fingerprint density at radius 2 is 1.95 bits per heavy atom. The molecule has 22 heavy (non-hydrogen) atoms. The molecule has 1 aromatic carbocycles. The third-order valence-electron chi connectivity index (χ3n) is 4.84. The van der Waals surface area contributed by atoms with Gasteiger partial charge in [-0.1, -0.05) is 43.7 Å².